The summed E-state index contributed by atoms with van der Waals surface area (Å²) in [5.41, 5.74) is 0.530. The van der Waals surface area contributed by atoms with Crippen LogP contribution < -0.4 is 4.74 Å². The lowest BCUT2D eigenvalue weighted by Gasteiger charge is -2.09. The molecule has 0 N–H and O–H groups in total. The van der Waals surface area contributed by atoms with Crippen LogP contribution in [0.25, 0.3) is 0 Å². The maximum atomic E-state index is 10.9. The minimum absolute atomic E-state index is 0.530. The second-order valence-electron chi connectivity index (χ2n) is 3.33. The van der Waals surface area contributed by atoms with Crippen molar-refractivity contribution in [3.8, 4) is 11.5 Å². The zero-order chi connectivity index (χ0) is 12.3. The topological polar surface area (TPSA) is 26.3 Å². The summed E-state index contributed by atoms with van der Waals surface area (Å²) in [5.74, 6) is 1.22. The molecule has 86 valence electrons. The Hall–Kier alpha value is -1.13. The second kappa shape index (κ2) is 5.47. The zero-order valence-electron chi connectivity index (χ0n) is 8.69. The van der Waals surface area contributed by atoms with Gasteiger partial charge in [-0.1, -0.05) is 28.1 Å². The van der Waals surface area contributed by atoms with Gasteiger partial charge in [-0.05, 0) is 46.3 Å². The molecule has 0 amide bonds. The van der Waals surface area contributed by atoms with Crippen molar-refractivity contribution in [2.24, 2.45) is 0 Å². The lowest BCUT2D eigenvalue weighted by molar-refractivity contribution is 0.112. The van der Waals surface area contributed by atoms with Crippen molar-refractivity contribution in [3.63, 3.8) is 0 Å². The predicted molar refractivity (Wildman–Crippen MR) is 73.7 cm³/mol. The summed E-state index contributed by atoms with van der Waals surface area (Å²) in [7, 11) is 0. The van der Waals surface area contributed by atoms with Crippen molar-refractivity contribution in [1.29, 1.82) is 0 Å². The molecule has 0 atom stereocenters. The normalized spacial score (nSPS) is 10.0. The van der Waals surface area contributed by atoms with Crippen LogP contribution in [0.4, 0.5) is 0 Å². The third-order valence-electron chi connectivity index (χ3n) is 2.16. The van der Waals surface area contributed by atoms with Crippen LogP contribution in [0.2, 0.25) is 0 Å². The molecule has 2 nitrogen and oxygen atoms in total. The maximum absolute atomic E-state index is 10.9. The number of halogens is 2. The van der Waals surface area contributed by atoms with E-state index in [1.165, 1.54) is 0 Å². The Labute approximate surface area is 116 Å². The van der Waals surface area contributed by atoms with E-state index in [1.807, 2.05) is 24.3 Å². The van der Waals surface area contributed by atoms with Gasteiger partial charge < -0.3 is 4.74 Å². The molecule has 0 aromatic heterocycles. The van der Waals surface area contributed by atoms with E-state index in [-0.39, 0.29) is 0 Å². The molecular weight excluding hydrogens is 348 g/mol. The Morgan fingerprint density at radius 2 is 1.76 bits per heavy atom. The summed E-state index contributed by atoms with van der Waals surface area (Å²) < 4.78 is 7.47. The number of benzene rings is 2. The molecule has 0 aliphatic heterocycles. The number of para-hydroxylation sites is 1. The van der Waals surface area contributed by atoms with E-state index >= 15 is 0 Å². The highest BCUT2D eigenvalue weighted by Crippen LogP contribution is 2.32. The van der Waals surface area contributed by atoms with Crippen molar-refractivity contribution >= 4 is 38.1 Å². The number of carbonyl (C=O) groups excluding carboxylic acids is 1. The zero-order valence-corrected chi connectivity index (χ0v) is 11.9. The van der Waals surface area contributed by atoms with E-state index in [2.05, 4.69) is 31.9 Å². The van der Waals surface area contributed by atoms with Gasteiger partial charge in [0.05, 0.1) is 10.0 Å². The molecule has 0 radical (unpaired) electrons. The molecule has 0 bridgehead atoms. The molecule has 0 unspecified atom stereocenters. The molecule has 0 heterocycles. The van der Waals surface area contributed by atoms with E-state index in [4.69, 9.17) is 4.74 Å². The third kappa shape index (κ3) is 2.96. The molecule has 17 heavy (non-hydrogen) atoms. The molecule has 0 fully saturated rings. The summed E-state index contributed by atoms with van der Waals surface area (Å²) in [6, 6.07) is 12.7. The van der Waals surface area contributed by atoms with Gasteiger partial charge >= 0.3 is 0 Å². The van der Waals surface area contributed by atoms with E-state index < -0.39 is 0 Å². The van der Waals surface area contributed by atoms with Crippen LogP contribution in [0.15, 0.2) is 51.4 Å². The molecule has 4 heteroatoms. The van der Waals surface area contributed by atoms with Crippen LogP contribution in [-0.2, 0) is 0 Å². The summed E-state index contributed by atoms with van der Waals surface area (Å²) in [5, 5.41) is 0. The first-order chi connectivity index (χ1) is 8.20. The third-order valence-corrected chi connectivity index (χ3v) is 3.27. The molecule has 0 saturated carbocycles. The first-order valence-corrected chi connectivity index (χ1v) is 6.46. The highest BCUT2D eigenvalue weighted by atomic mass is 79.9. The van der Waals surface area contributed by atoms with Crippen LogP contribution in [0.5, 0.6) is 11.5 Å². The summed E-state index contributed by atoms with van der Waals surface area (Å²) in [4.78, 5) is 10.9. The van der Waals surface area contributed by atoms with Crippen molar-refractivity contribution in [2.45, 2.75) is 0 Å². The fourth-order valence-corrected chi connectivity index (χ4v) is 2.48. The molecule has 0 aliphatic carbocycles. The van der Waals surface area contributed by atoms with Crippen LogP contribution in [-0.4, -0.2) is 6.29 Å². The van der Waals surface area contributed by atoms with Gasteiger partial charge in [0.15, 0.2) is 6.29 Å². The molecule has 0 spiro atoms. The minimum Gasteiger partial charge on any atom is -0.455 e. The maximum Gasteiger partial charge on any atom is 0.153 e. The van der Waals surface area contributed by atoms with Crippen LogP contribution >= 0.6 is 31.9 Å². The standard InChI is InChI=1S/C13H8Br2O2/c14-10-5-6-13(11(15)7-10)17-12-4-2-1-3-9(12)8-16/h1-8H. The number of carbonyl (C=O) groups is 1. The summed E-state index contributed by atoms with van der Waals surface area (Å²) in [6.45, 7) is 0. The number of aldehydes is 1. The van der Waals surface area contributed by atoms with E-state index in [0.717, 1.165) is 15.2 Å². The first kappa shape index (κ1) is 12.3. The Morgan fingerprint density at radius 3 is 2.47 bits per heavy atom. The fraction of sp³-hybridized carbons (Fsp3) is 0. The first-order valence-electron chi connectivity index (χ1n) is 4.88. The Balaban J connectivity index is 2.34. The van der Waals surface area contributed by atoms with E-state index in [9.17, 15) is 4.79 Å². The van der Waals surface area contributed by atoms with E-state index in [0.29, 0.717) is 17.1 Å². The van der Waals surface area contributed by atoms with E-state index in [1.54, 1.807) is 18.2 Å². The van der Waals surface area contributed by atoms with Gasteiger partial charge in [-0.15, -0.1) is 0 Å². The van der Waals surface area contributed by atoms with Gasteiger partial charge in [0.2, 0.25) is 0 Å². The SMILES string of the molecule is O=Cc1ccccc1Oc1ccc(Br)cc1Br. The molecule has 0 saturated heterocycles. The molecular formula is C13H8Br2O2. The van der Waals surface area contributed by atoms with Crippen LogP contribution in [0.1, 0.15) is 10.4 Å². The van der Waals surface area contributed by atoms with Crippen molar-refractivity contribution in [2.75, 3.05) is 0 Å². The number of hydrogen-bond acceptors (Lipinski definition) is 2. The van der Waals surface area contributed by atoms with Gasteiger partial charge in [-0.2, -0.15) is 0 Å². The summed E-state index contributed by atoms with van der Waals surface area (Å²) >= 11 is 6.78. The van der Waals surface area contributed by atoms with Gasteiger partial charge in [0, 0.05) is 4.47 Å². The van der Waals surface area contributed by atoms with Gasteiger partial charge in [0.25, 0.3) is 0 Å². The lowest BCUT2D eigenvalue weighted by Crippen LogP contribution is -1.90. The summed E-state index contributed by atoms with van der Waals surface area (Å²) in [6.07, 6.45) is 0.780. The highest BCUT2D eigenvalue weighted by Gasteiger charge is 2.06. The van der Waals surface area contributed by atoms with Gasteiger partial charge in [-0.3, -0.25) is 4.79 Å². The van der Waals surface area contributed by atoms with Crippen molar-refractivity contribution in [3.05, 3.63) is 57.0 Å². The largest absolute Gasteiger partial charge is 0.455 e. The smallest absolute Gasteiger partial charge is 0.153 e. The monoisotopic (exact) mass is 354 g/mol. The molecule has 2 aromatic rings. The van der Waals surface area contributed by atoms with Crippen molar-refractivity contribution in [1.82, 2.24) is 0 Å². The average Bonchev–Trinajstić information content (AvgIpc) is 2.33. The molecule has 0 aliphatic rings. The molecule has 2 rings (SSSR count). The Morgan fingerprint density at radius 1 is 1.00 bits per heavy atom. The number of ether oxygens (including phenoxy) is 1. The quantitative estimate of drug-likeness (QED) is 0.738. The fourth-order valence-electron chi connectivity index (χ4n) is 1.35. The Kier molecular flexibility index (Phi) is 3.97. The highest BCUT2D eigenvalue weighted by molar-refractivity contribution is 9.11. The molecule has 2 aromatic carbocycles. The van der Waals surface area contributed by atoms with Crippen LogP contribution in [0.3, 0.4) is 0 Å². The van der Waals surface area contributed by atoms with Crippen LogP contribution in [0, 0.1) is 0 Å². The number of hydrogen-bond donors (Lipinski definition) is 0. The van der Waals surface area contributed by atoms with Crippen molar-refractivity contribution < 1.29 is 9.53 Å². The number of rotatable bonds is 3. The minimum atomic E-state index is 0.530. The predicted octanol–water partition coefficient (Wildman–Crippen LogP) is 4.82. The Bertz CT molecular complexity index is 553. The van der Waals surface area contributed by atoms with Gasteiger partial charge in [0.1, 0.15) is 11.5 Å². The average molecular weight is 356 g/mol. The lowest BCUT2D eigenvalue weighted by atomic mass is 10.2. The second-order valence-corrected chi connectivity index (χ2v) is 5.10. The van der Waals surface area contributed by atoms with Gasteiger partial charge in [-0.25, -0.2) is 0 Å².